The average Bonchev–Trinajstić information content (AvgIpc) is 3.01. The molecule has 0 fully saturated rings. The summed E-state index contributed by atoms with van der Waals surface area (Å²) in [5.74, 6) is 0.396. The van der Waals surface area contributed by atoms with Crippen LogP contribution in [0.5, 0.6) is 5.75 Å². The van der Waals surface area contributed by atoms with Gasteiger partial charge in [-0.2, -0.15) is 0 Å². The fourth-order valence-corrected chi connectivity index (χ4v) is 3.71. The molecule has 4 rings (SSSR count). The fourth-order valence-electron chi connectivity index (χ4n) is 2.82. The van der Waals surface area contributed by atoms with Crippen LogP contribution in [0.4, 0.5) is 5.69 Å². The van der Waals surface area contributed by atoms with Crippen LogP contribution in [-0.4, -0.2) is 29.9 Å². The molecule has 0 spiro atoms. The number of nitrogens with zero attached hydrogens (tertiary/aromatic N) is 1. The molecule has 2 aliphatic heterocycles. The summed E-state index contributed by atoms with van der Waals surface area (Å²) >= 11 is 1.75. The normalized spacial score (nSPS) is 16.4. The summed E-state index contributed by atoms with van der Waals surface area (Å²) in [6, 6.07) is 7.27. The second kappa shape index (κ2) is 5.14. The highest BCUT2D eigenvalue weighted by atomic mass is 32.1. The van der Waals surface area contributed by atoms with E-state index in [1.807, 2.05) is 4.90 Å². The van der Waals surface area contributed by atoms with Crippen molar-refractivity contribution < 1.29 is 14.3 Å². The number of hydrogen-bond acceptors (Lipinski definition) is 4. The number of rotatable bonds is 1. The number of benzene rings is 1. The Morgan fingerprint density at radius 1 is 1.32 bits per heavy atom. The largest absolute Gasteiger partial charge is 0.482 e. The van der Waals surface area contributed by atoms with E-state index in [1.54, 1.807) is 29.5 Å². The molecule has 2 aliphatic rings. The van der Waals surface area contributed by atoms with E-state index in [1.165, 1.54) is 10.4 Å². The van der Waals surface area contributed by atoms with Crippen molar-refractivity contribution in [2.75, 3.05) is 18.5 Å². The molecule has 0 saturated carbocycles. The summed E-state index contributed by atoms with van der Waals surface area (Å²) in [4.78, 5) is 27.3. The molecule has 3 heterocycles. The number of carbonyl (C=O) groups is 2. The van der Waals surface area contributed by atoms with Crippen LogP contribution in [0.2, 0.25) is 0 Å². The number of thiophene rings is 1. The molecular weight excluding hydrogens is 300 g/mol. The first-order valence-corrected chi connectivity index (χ1v) is 8.00. The second-order valence-corrected chi connectivity index (χ2v) is 6.39. The van der Waals surface area contributed by atoms with Gasteiger partial charge in [0, 0.05) is 23.5 Å². The highest BCUT2D eigenvalue weighted by Gasteiger charge is 2.24. The Morgan fingerprint density at radius 2 is 2.23 bits per heavy atom. The van der Waals surface area contributed by atoms with Gasteiger partial charge in [-0.3, -0.25) is 9.59 Å². The average molecular weight is 314 g/mol. The zero-order chi connectivity index (χ0) is 15.1. The van der Waals surface area contributed by atoms with E-state index in [2.05, 4.69) is 16.8 Å². The Labute approximate surface area is 131 Å². The minimum atomic E-state index is -0.196. The summed E-state index contributed by atoms with van der Waals surface area (Å²) < 4.78 is 5.32. The molecule has 1 N–H and O–H groups in total. The van der Waals surface area contributed by atoms with Gasteiger partial charge in [-0.05, 0) is 41.6 Å². The van der Waals surface area contributed by atoms with Crippen LogP contribution in [0, 0.1) is 0 Å². The smallest absolute Gasteiger partial charge is 0.262 e. The van der Waals surface area contributed by atoms with Crippen LogP contribution in [0.1, 0.15) is 20.8 Å². The molecular formula is C16H14N2O3S. The minimum absolute atomic E-state index is 0.0144. The lowest BCUT2D eigenvalue weighted by atomic mass is 10.1. The van der Waals surface area contributed by atoms with Crippen LogP contribution in [-0.2, 0) is 17.8 Å². The third-order valence-corrected chi connectivity index (χ3v) is 4.98. The number of fused-ring (bicyclic) bond motifs is 2. The number of ether oxygens (including phenoxy) is 1. The van der Waals surface area contributed by atoms with Crippen LogP contribution >= 0.6 is 11.3 Å². The van der Waals surface area contributed by atoms with E-state index in [9.17, 15) is 9.59 Å². The highest BCUT2D eigenvalue weighted by molar-refractivity contribution is 7.10. The van der Waals surface area contributed by atoms with Crippen LogP contribution in [0.25, 0.3) is 0 Å². The van der Waals surface area contributed by atoms with Gasteiger partial charge < -0.3 is 15.0 Å². The number of anilines is 1. The van der Waals surface area contributed by atoms with Crippen LogP contribution < -0.4 is 10.1 Å². The molecule has 0 radical (unpaired) electrons. The molecule has 0 unspecified atom stereocenters. The Kier molecular flexibility index (Phi) is 3.11. The van der Waals surface area contributed by atoms with E-state index >= 15 is 0 Å². The van der Waals surface area contributed by atoms with Crippen molar-refractivity contribution in [1.29, 1.82) is 0 Å². The first-order chi connectivity index (χ1) is 10.7. The van der Waals surface area contributed by atoms with Gasteiger partial charge in [-0.25, -0.2) is 0 Å². The lowest BCUT2D eigenvalue weighted by Crippen LogP contribution is -2.35. The first kappa shape index (κ1) is 13.3. The Hall–Kier alpha value is -2.34. The van der Waals surface area contributed by atoms with Gasteiger partial charge in [0.05, 0.1) is 5.69 Å². The molecule has 6 heteroatoms. The summed E-state index contributed by atoms with van der Waals surface area (Å²) in [6.45, 7) is 1.40. The maximum absolute atomic E-state index is 12.7. The molecule has 2 amide bonds. The summed E-state index contributed by atoms with van der Waals surface area (Å²) in [5.41, 5.74) is 2.37. The third-order valence-electron chi connectivity index (χ3n) is 3.95. The van der Waals surface area contributed by atoms with Gasteiger partial charge in [0.25, 0.3) is 11.8 Å². The zero-order valence-electron chi connectivity index (χ0n) is 11.8. The van der Waals surface area contributed by atoms with Gasteiger partial charge in [0.15, 0.2) is 6.61 Å². The third kappa shape index (κ3) is 2.25. The van der Waals surface area contributed by atoms with E-state index in [0.29, 0.717) is 23.5 Å². The van der Waals surface area contributed by atoms with Gasteiger partial charge in [0.1, 0.15) is 5.75 Å². The molecule has 5 nitrogen and oxygen atoms in total. The Bertz CT molecular complexity index is 769. The van der Waals surface area contributed by atoms with Crippen molar-refractivity contribution in [1.82, 2.24) is 4.90 Å². The molecule has 1 aromatic heterocycles. The fraction of sp³-hybridized carbons (Fsp3) is 0.250. The predicted octanol–water partition coefficient (Wildman–Crippen LogP) is 2.28. The quantitative estimate of drug-likeness (QED) is 0.878. The lowest BCUT2D eigenvalue weighted by molar-refractivity contribution is -0.118. The maximum atomic E-state index is 12.7. The summed E-state index contributed by atoms with van der Waals surface area (Å²) in [6.07, 6.45) is 0.906. The molecule has 22 heavy (non-hydrogen) atoms. The highest BCUT2D eigenvalue weighted by Crippen LogP contribution is 2.30. The lowest BCUT2D eigenvalue weighted by Gasteiger charge is -2.27. The number of hydrogen-bond donors (Lipinski definition) is 1. The number of amides is 2. The van der Waals surface area contributed by atoms with Gasteiger partial charge in [0.2, 0.25) is 0 Å². The summed E-state index contributed by atoms with van der Waals surface area (Å²) in [7, 11) is 0. The predicted molar refractivity (Wildman–Crippen MR) is 83.3 cm³/mol. The zero-order valence-corrected chi connectivity index (χ0v) is 12.6. The standard InChI is InChI=1S/C16H14N2O3S/c19-15-9-21-13-2-1-10(7-12(13)17-15)16(20)18-5-3-14-11(8-18)4-6-22-14/h1-2,4,6-7H,3,5,8-9H2,(H,17,19). The Morgan fingerprint density at radius 3 is 3.14 bits per heavy atom. The van der Waals surface area contributed by atoms with Crippen molar-refractivity contribution in [3.05, 3.63) is 45.6 Å². The summed E-state index contributed by atoms with van der Waals surface area (Å²) in [5, 5.41) is 4.81. The van der Waals surface area contributed by atoms with E-state index in [-0.39, 0.29) is 18.4 Å². The number of carbonyl (C=O) groups excluding carboxylic acids is 2. The Balaban J connectivity index is 1.58. The maximum Gasteiger partial charge on any atom is 0.262 e. The number of nitrogens with one attached hydrogen (secondary N) is 1. The van der Waals surface area contributed by atoms with E-state index in [4.69, 9.17) is 4.74 Å². The van der Waals surface area contributed by atoms with Crippen molar-refractivity contribution in [2.45, 2.75) is 13.0 Å². The molecule has 0 aliphatic carbocycles. The van der Waals surface area contributed by atoms with Crippen molar-refractivity contribution in [2.24, 2.45) is 0 Å². The molecule has 112 valence electrons. The first-order valence-electron chi connectivity index (χ1n) is 7.12. The van der Waals surface area contributed by atoms with Crippen molar-refractivity contribution in [3.8, 4) is 5.75 Å². The molecule has 0 atom stereocenters. The molecule has 1 aromatic carbocycles. The van der Waals surface area contributed by atoms with Crippen molar-refractivity contribution >= 4 is 28.8 Å². The van der Waals surface area contributed by atoms with Crippen molar-refractivity contribution in [3.63, 3.8) is 0 Å². The van der Waals surface area contributed by atoms with Gasteiger partial charge in [-0.15, -0.1) is 11.3 Å². The molecule has 0 bridgehead atoms. The van der Waals surface area contributed by atoms with Crippen LogP contribution in [0.15, 0.2) is 29.6 Å². The van der Waals surface area contributed by atoms with Gasteiger partial charge in [-0.1, -0.05) is 0 Å². The monoisotopic (exact) mass is 314 g/mol. The topological polar surface area (TPSA) is 58.6 Å². The van der Waals surface area contributed by atoms with E-state index in [0.717, 1.165) is 13.0 Å². The molecule has 2 aromatic rings. The molecule has 0 saturated heterocycles. The van der Waals surface area contributed by atoms with E-state index < -0.39 is 0 Å². The SMILES string of the molecule is O=C1COc2ccc(C(=O)N3CCc4sccc4C3)cc2N1. The van der Waals surface area contributed by atoms with Crippen LogP contribution in [0.3, 0.4) is 0 Å². The second-order valence-electron chi connectivity index (χ2n) is 5.39. The van der Waals surface area contributed by atoms with Gasteiger partial charge >= 0.3 is 0 Å². The minimum Gasteiger partial charge on any atom is -0.482 e.